The van der Waals surface area contributed by atoms with Crippen molar-refractivity contribution in [2.45, 2.75) is 26.4 Å². The van der Waals surface area contributed by atoms with Crippen LogP contribution in [0.15, 0.2) is 18.2 Å². The molecule has 6 nitrogen and oxygen atoms in total. The van der Waals surface area contributed by atoms with Gasteiger partial charge in [-0.2, -0.15) is 8.78 Å². The zero-order chi connectivity index (χ0) is 17.7. The summed E-state index contributed by atoms with van der Waals surface area (Å²) in [5.41, 5.74) is 0.304. The lowest BCUT2D eigenvalue weighted by molar-refractivity contribution is -0.122. The second-order valence-corrected chi connectivity index (χ2v) is 5.65. The van der Waals surface area contributed by atoms with E-state index < -0.39 is 6.61 Å². The van der Waals surface area contributed by atoms with Gasteiger partial charge in [-0.1, -0.05) is 6.92 Å². The average molecular weight is 342 g/mol. The van der Waals surface area contributed by atoms with E-state index in [-0.39, 0.29) is 42.2 Å². The standard InChI is InChI=1S/C16H20F2N2O4/c1-9-7-11(9)15(22)19-6-5-14(21)20-10-3-4-12(23-2)13(8-10)24-16(17)18/h3-4,8-9,11,16H,5-7H2,1-2H3,(H,19,22)(H,20,21). The first-order valence-corrected chi connectivity index (χ1v) is 7.61. The third-order valence-electron chi connectivity index (χ3n) is 3.76. The van der Waals surface area contributed by atoms with Crippen LogP contribution in [0.25, 0.3) is 0 Å². The van der Waals surface area contributed by atoms with Crippen molar-refractivity contribution < 1.29 is 27.8 Å². The molecule has 0 radical (unpaired) electrons. The van der Waals surface area contributed by atoms with Gasteiger partial charge in [-0.3, -0.25) is 9.59 Å². The van der Waals surface area contributed by atoms with E-state index in [0.717, 1.165) is 6.42 Å². The smallest absolute Gasteiger partial charge is 0.387 e. The zero-order valence-electron chi connectivity index (χ0n) is 13.5. The van der Waals surface area contributed by atoms with Crippen molar-refractivity contribution in [1.29, 1.82) is 0 Å². The van der Waals surface area contributed by atoms with Crippen molar-refractivity contribution in [3.8, 4) is 11.5 Å². The van der Waals surface area contributed by atoms with E-state index in [9.17, 15) is 18.4 Å². The van der Waals surface area contributed by atoms with Crippen molar-refractivity contribution in [2.75, 3.05) is 19.0 Å². The van der Waals surface area contributed by atoms with Crippen molar-refractivity contribution >= 4 is 17.5 Å². The molecule has 24 heavy (non-hydrogen) atoms. The Labute approximate surface area is 138 Å². The monoisotopic (exact) mass is 342 g/mol. The van der Waals surface area contributed by atoms with Crippen LogP contribution < -0.4 is 20.1 Å². The molecule has 1 aromatic carbocycles. The lowest BCUT2D eigenvalue weighted by atomic mass is 10.2. The molecule has 1 fully saturated rings. The fraction of sp³-hybridized carbons (Fsp3) is 0.500. The molecule has 2 N–H and O–H groups in total. The highest BCUT2D eigenvalue weighted by molar-refractivity contribution is 5.91. The normalized spacial score (nSPS) is 18.9. The molecule has 1 aliphatic rings. The van der Waals surface area contributed by atoms with Gasteiger partial charge in [0.25, 0.3) is 0 Å². The highest BCUT2D eigenvalue weighted by Gasteiger charge is 2.38. The molecule has 1 saturated carbocycles. The summed E-state index contributed by atoms with van der Waals surface area (Å²) in [5.74, 6) is 0.0650. The minimum absolute atomic E-state index is 0.0348. The van der Waals surface area contributed by atoms with Crippen LogP contribution in [0.5, 0.6) is 11.5 Å². The van der Waals surface area contributed by atoms with Gasteiger partial charge in [-0.05, 0) is 24.5 Å². The molecule has 1 aromatic rings. The molecule has 0 aliphatic heterocycles. The van der Waals surface area contributed by atoms with Gasteiger partial charge in [0.15, 0.2) is 11.5 Å². The van der Waals surface area contributed by atoms with Crippen LogP contribution in [0.4, 0.5) is 14.5 Å². The van der Waals surface area contributed by atoms with Crippen molar-refractivity contribution in [3.63, 3.8) is 0 Å². The van der Waals surface area contributed by atoms with Crippen LogP contribution in [0, 0.1) is 11.8 Å². The van der Waals surface area contributed by atoms with E-state index in [2.05, 4.69) is 15.4 Å². The number of anilines is 1. The minimum atomic E-state index is -3.00. The van der Waals surface area contributed by atoms with E-state index in [1.54, 1.807) is 0 Å². The van der Waals surface area contributed by atoms with Gasteiger partial charge in [-0.25, -0.2) is 0 Å². The largest absolute Gasteiger partial charge is 0.493 e. The third-order valence-corrected chi connectivity index (χ3v) is 3.76. The summed E-state index contributed by atoms with van der Waals surface area (Å²) >= 11 is 0. The molecule has 0 aromatic heterocycles. The number of halogens is 2. The lowest BCUT2D eigenvalue weighted by Gasteiger charge is -2.12. The number of amides is 2. The van der Waals surface area contributed by atoms with Crippen LogP contribution >= 0.6 is 0 Å². The fourth-order valence-corrected chi connectivity index (χ4v) is 2.28. The van der Waals surface area contributed by atoms with Crippen molar-refractivity contribution in [2.24, 2.45) is 11.8 Å². The van der Waals surface area contributed by atoms with Gasteiger partial charge in [0.05, 0.1) is 7.11 Å². The van der Waals surface area contributed by atoms with Crippen LogP contribution in [0.2, 0.25) is 0 Å². The quantitative estimate of drug-likeness (QED) is 0.761. The SMILES string of the molecule is COc1ccc(NC(=O)CCNC(=O)C2CC2C)cc1OC(F)F. The predicted molar refractivity (Wildman–Crippen MR) is 83.2 cm³/mol. The second-order valence-electron chi connectivity index (χ2n) is 5.65. The van der Waals surface area contributed by atoms with E-state index in [1.807, 2.05) is 6.92 Å². The molecule has 2 amide bonds. The van der Waals surface area contributed by atoms with Crippen molar-refractivity contribution in [3.05, 3.63) is 18.2 Å². The maximum Gasteiger partial charge on any atom is 0.387 e. The maximum atomic E-state index is 12.4. The Morgan fingerprint density at radius 1 is 1.33 bits per heavy atom. The molecule has 2 atom stereocenters. The number of hydrogen-bond acceptors (Lipinski definition) is 4. The van der Waals surface area contributed by atoms with Crippen molar-refractivity contribution in [1.82, 2.24) is 5.32 Å². The Hall–Kier alpha value is -2.38. The van der Waals surface area contributed by atoms with Crippen LogP contribution in [0.1, 0.15) is 19.8 Å². The maximum absolute atomic E-state index is 12.4. The summed E-state index contributed by atoms with van der Waals surface area (Å²) in [5, 5.41) is 5.27. The Morgan fingerprint density at radius 3 is 2.62 bits per heavy atom. The second kappa shape index (κ2) is 7.94. The first-order valence-electron chi connectivity index (χ1n) is 7.61. The molecule has 132 valence electrons. The Balaban J connectivity index is 1.83. The number of hydrogen-bond donors (Lipinski definition) is 2. The lowest BCUT2D eigenvalue weighted by Crippen LogP contribution is -2.29. The zero-order valence-corrected chi connectivity index (χ0v) is 13.5. The molecule has 0 bridgehead atoms. The highest BCUT2D eigenvalue weighted by atomic mass is 19.3. The van der Waals surface area contributed by atoms with Gasteiger partial charge in [0, 0.05) is 30.6 Å². The minimum Gasteiger partial charge on any atom is -0.493 e. The Bertz CT molecular complexity index is 610. The third kappa shape index (κ3) is 5.07. The van der Waals surface area contributed by atoms with Gasteiger partial charge in [0.2, 0.25) is 11.8 Å². The van der Waals surface area contributed by atoms with Crippen LogP contribution in [-0.4, -0.2) is 32.1 Å². The Kier molecular flexibility index (Phi) is 5.94. The number of rotatable bonds is 8. The van der Waals surface area contributed by atoms with E-state index in [1.165, 1.54) is 25.3 Å². The molecule has 0 spiro atoms. The van der Waals surface area contributed by atoms with Crippen LogP contribution in [-0.2, 0) is 9.59 Å². The topological polar surface area (TPSA) is 76.7 Å². The fourth-order valence-electron chi connectivity index (χ4n) is 2.28. The van der Waals surface area contributed by atoms with Crippen LogP contribution in [0.3, 0.4) is 0 Å². The van der Waals surface area contributed by atoms with E-state index in [4.69, 9.17) is 4.74 Å². The highest BCUT2D eigenvalue weighted by Crippen LogP contribution is 2.37. The summed E-state index contributed by atoms with van der Waals surface area (Å²) in [6.07, 6.45) is 0.973. The predicted octanol–water partition coefficient (Wildman–Crippen LogP) is 2.40. The summed E-state index contributed by atoms with van der Waals surface area (Å²) in [7, 11) is 1.33. The van der Waals surface area contributed by atoms with Gasteiger partial charge in [0.1, 0.15) is 0 Å². The first kappa shape index (κ1) is 18.0. The van der Waals surface area contributed by atoms with E-state index >= 15 is 0 Å². The van der Waals surface area contributed by atoms with Gasteiger partial charge in [-0.15, -0.1) is 0 Å². The van der Waals surface area contributed by atoms with E-state index in [0.29, 0.717) is 11.6 Å². The summed E-state index contributed by atoms with van der Waals surface area (Å²) in [4.78, 5) is 23.5. The number of carbonyl (C=O) groups excluding carboxylic acids is 2. The number of carbonyl (C=O) groups is 2. The average Bonchev–Trinajstić information content (AvgIpc) is 3.24. The Morgan fingerprint density at radius 2 is 2.04 bits per heavy atom. The number of alkyl halides is 2. The molecular weight excluding hydrogens is 322 g/mol. The molecule has 2 rings (SSSR count). The first-order chi connectivity index (χ1) is 11.4. The number of ether oxygens (including phenoxy) is 2. The summed E-state index contributed by atoms with van der Waals surface area (Å²) in [6, 6.07) is 4.19. The van der Waals surface area contributed by atoms with Gasteiger partial charge >= 0.3 is 6.61 Å². The number of benzene rings is 1. The molecule has 0 heterocycles. The number of nitrogens with one attached hydrogen (secondary N) is 2. The molecule has 0 saturated heterocycles. The molecule has 1 aliphatic carbocycles. The molecule has 8 heteroatoms. The number of methoxy groups -OCH3 is 1. The molecular formula is C16H20F2N2O4. The molecule has 2 unspecified atom stereocenters. The summed E-state index contributed by atoms with van der Waals surface area (Å²) < 4.78 is 34.0. The summed E-state index contributed by atoms with van der Waals surface area (Å²) in [6.45, 7) is -0.769. The van der Waals surface area contributed by atoms with Gasteiger partial charge < -0.3 is 20.1 Å².